The number of likely N-dealkylation sites (tertiary alicyclic amines) is 1. The lowest BCUT2D eigenvalue weighted by molar-refractivity contribution is 0.00742. The molecule has 2 rings (SSSR count). The smallest absolute Gasteiger partial charge is 0.264 e. The van der Waals surface area contributed by atoms with Crippen LogP contribution in [0, 0.1) is 6.92 Å². The summed E-state index contributed by atoms with van der Waals surface area (Å²) in [6.45, 7) is 6.15. The Morgan fingerprint density at radius 1 is 1.67 bits per heavy atom. The second-order valence-corrected chi connectivity index (χ2v) is 5.85. The average molecular weight is 268 g/mol. The van der Waals surface area contributed by atoms with Crippen LogP contribution in [0.25, 0.3) is 0 Å². The topological polar surface area (TPSA) is 55.6 Å². The van der Waals surface area contributed by atoms with Gasteiger partial charge >= 0.3 is 0 Å². The first-order valence-electron chi connectivity index (χ1n) is 6.38. The summed E-state index contributed by atoms with van der Waals surface area (Å²) in [6, 6.07) is 1.78. The molecular weight excluding hydrogens is 248 g/mol. The van der Waals surface area contributed by atoms with E-state index in [1.807, 2.05) is 18.7 Å². The number of nitrogens with zero attached hydrogens (tertiary/aromatic N) is 1. The van der Waals surface area contributed by atoms with Crippen molar-refractivity contribution >= 4 is 22.9 Å². The van der Waals surface area contributed by atoms with E-state index < -0.39 is 0 Å². The van der Waals surface area contributed by atoms with Crippen LogP contribution >= 0.6 is 11.3 Å². The number of carbonyl (C=O) groups is 1. The number of ether oxygens (including phenoxy) is 1. The summed E-state index contributed by atoms with van der Waals surface area (Å²) >= 11 is 1.47. The summed E-state index contributed by atoms with van der Waals surface area (Å²) in [5.74, 6) is 0.0872. The standard InChI is InChI=1S/C13H20N2O2S/c1-3-17-10-5-4-6-15(8-10)13(16)12-7-11(14)9(2)18-12/h7,10H,3-6,8,14H2,1-2H3. The quantitative estimate of drug-likeness (QED) is 0.915. The Hall–Kier alpha value is -1.07. The number of nitrogens with two attached hydrogens (primary N) is 1. The van der Waals surface area contributed by atoms with E-state index in [1.165, 1.54) is 11.3 Å². The maximum absolute atomic E-state index is 12.3. The average Bonchev–Trinajstić information content (AvgIpc) is 2.69. The van der Waals surface area contributed by atoms with Crippen molar-refractivity contribution in [2.75, 3.05) is 25.4 Å². The highest BCUT2D eigenvalue weighted by Crippen LogP contribution is 2.26. The number of amides is 1. The van der Waals surface area contributed by atoms with Crippen LogP contribution in [0.3, 0.4) is 0 Å². The third kappa shape index (κ3) is 2.84. The Kier molecular flexibility index (Phi) is 4.24. The fourth-order valence-corrected chi connectivity index (χ4v) is 3.16. The molecule has 1 atom stereocenters. The maximum Gasteiger partial charge on any atom is 0.264 e. The molecule has 5 heteroatoms. The summed E-state index contributed by atoms with van der Waals surface area (Å²) in [5, 5.41) is 0. The van der Waals surface area contributed by atoms with Crippen LogP contribution in [0.1, 0.15) is 34.3 Å². The predicted octanol–water partition coefficient (Wildman–Crippen LogP) is 2.28. The van der Waals surface area contributed by atoms with Crippen molar-refractivity contribution in [3.63, 3.8) is 0 Å². The molecule has 1 fully saturated rings. The number of anilines is 1. The first-order valence-corrected chi connectivity index (χ1v) is 7.20. The second kappa shape index (κ2) is 5.71. The second-order valence-electron chi connectivity index (χ2n) is 4.59. The van der Waals surface area contributed by atoms with Crippen molar-refractivity contribution in [2.24, 2.45) is 0 Å². The number of carbonyl (C=O) groups excluding carboxylic acids is 1. The largest absolute Gasteiger partial charge is 0.398 e. The Morgan fingerprint density at radius 2 is 2.44 bits per heavy atom. The van der Waals surface area contributed by atoms with E-state index >= 15 is 0 Å². The van der Waals surface area contributed by atoms with Gasteiger partial charge in [-0.3, -0.25) is 4.79 Å². The Balaban J connectivity index is 2.04. The molecule has 18 heavy (non-hydrogen) atoms. The molecule has 1 aromatic rings. The van der Waals surface area contributed by atoms with Gasteiger partial charge < -0.3 is 15.4 Å². The van der Waals surface area contributed by atoms with Gasteiger partial charge in [-0.25, -0.2) is 0 Å². The molecular formula is C13H20N2O2S. The highest BCUT2D eigenvalue weighted by molar-refractivity contribution is 7.14. The van der Waals surface area contributed by atoms with Gasteiger partial charge in [-0.1, -0.05) is 0 Å². The molecule has 1 unspecified atom stereocenters. The highest BCUT2D eigenvalue weighted by Gasteiger charge is 2.25. The molecule has 2 heterocycles. The van der Waals surface area contributed by atoms with Crippen LogP contribution in [0.2, 0.25) is 0 Å². The maximum atomic E-state index is 12.3. The minimum Gasteiger partial charge on any atom is -0.398 e. The van der Waals surface area contributed by atoms with Gasteiger partial charge in [0.2, 0.25) is 0 Å². The summed E-state index contributed by atoms with van der Waals surface area (Å²) in [7, 11) is 0. The lowest BCUT2D eigenvalue weighted by Gasteiger charge is -2.32. The zero-order valence-corrected chi connectivity index (χ0v) is 11.8. The van der Waals surface area contributed by atoms with E-state index in [4.69, 9.17) is 10.5 Å². The predicted molar refractivity (Wildman–Crippen MR) is 74.0 cm³/mol. The molecule has 1 aromatic heterocycles. The normalized spacial score (nSPS) is 20.1. The van der Waals surface area contributed by atoms with Crippen LogP contribution < -0.4 is 5.73 Å². The summed E-state index contributed by atoms with van der Waals surface area (Å²) in [5.41, 5.74) is 6.51. The number of piperidine rings is 1. The molecule has 0 spiro atoms. The number of aryl methyl sites for hydroxylation is 1. The molecule has 100 valence electrons. The van der Waals surface area contributed by atoms with Gasteiger partial charge in [0.1, 0.15) is 0 Å². The Morgan fingerprint density at radius 3 is 3.06 bits per heavy atom. The number of rotatable bonds is 3. The van der Waals surface area contributed by atoms with E-state index in [2.05, 4.69) is 0 Å². The third-order valence-electron chi connectivity index (χ3n) is 3.23. The van der Waals surface area contributed by atoms with Gasteiger partial charge in [-0.15, -0.1) is 11.3 Å². The molecule has 1 saturated heterocycles. The summed E-state index contributed by atoms with van der Waals surface area (Å²) < 4.78 is 5.61. The summed E-state index contributed by atoms with van der Waals surface area (Å²) in [6.07, 6.45) is 2.24. The fraction of sp³-hybridized carbons (Fsp3) is 0.615. The zero-order chi connectivity index (χ0) is 13.1. The van der Waals surface area contributed by atoms with Crippen LogP contribution in [-0.4, -0.2) is 36.6 Å². The van der Waals surface area contributed by atoms with Crippen molar-refractivity contribution in [1.29, 1.82) is 0 Å². The Bertz CT molecular complexity index is 409. The third-order valence-corrected chi connectivity index (χ3v) is 4.29. The van der Waals surface area contributed by atoms with Crippen molar-refractivity contribution in [3.05, 3.63) is 15.8 Å². The van der Waals surface area contributed by atoms with Crippen LogP contribution in [0.4, 0.5) is 5.69 Å². The van der Waals surface area contributed by atoms with Crippen molar-refractivity contribution in [2.45, 2.75) is 32.8 Å². The molecule has 2 N–H and O–H groups in total. The SMILES string of the molecule is CCOC1CCCN(C(=O)c2cc(N)c(C)s2)C1. The number of thiophene rings is 1. The van der Waals surface area contributed by atoms with E-state index in [0.717, 1.165) is 29.1 Å². The number of hydrogen-bond acceptors (Lipinski definition) is 4. The molecule has 1 aliphatic rings. The molecule has 1 aliphatic heterocycles. The first-order chi connectivity index (χ1) is 8.61. The van der Waals surface area contributed by atoms with Crippen LogP contribution in [-0.2, 0) is 4.74 Å². The van der Waals surface area contributed by atoms with E-state index in [-0.39, 0.29) is 12.0 Å². The molecule has 1 amide bonds. The Labute approximate surface area is 112 Å². The van der Waals surface area contributed by atoms with Gasteiger partial charge in [0.05, 0.1) is 11.0 Å². The molecule has 4 nitrogen and oxygen atoms in total. The fourth-order valence-electron chi connectivity index (χ4n) is 2.25. The van der Waals surface area contributed by atoms with Gasteiger partial charge in [0.15, 0.2) is 0 Å². The summed E-state index contributed by atoms with van der Waals surface area (Å²) in [4.78, 5) is 16.0. The minimum atomic E-state index is 0.0872. The lowest BCUT2D eigenvalue weighted by Crippen LogP contribution is -2.43. The van der Waals surface area contributed by atoms with E-state index in [1.54, 1.807) is 6.07 Å². The highest BCUT2D eigenvalue weighted by atomic mass is 32.1. The zero-order valence-electron chi connectivity index (χ0n) is 10.9. The molecule has 0 aliphatic carbocycles. The molecule has 0 radical (unpaired) electrons. The van der Waals surface area contributed by atoms with Crippen molar-refractivity contribution in [1.82, 2.24) is 4.90 Å². The van der Waals surface area contributed by atoms with Crippen LogP contribution in [0.5, 0.6) is 0 Å². The van der Waals surface area contributed by atoms with Gasteiger partial charge in [0, 0.05) is 30.3 Å². The first kappa shape index (κ1) is 13.4. The van der Waals surface area contributed by atoms with Gasteiger partial charge in [-0.05, 0) is 32.8 Å². The monoisotopic (exact) mass is 268 g/mol. The van der Waals surface area contributed by atoms with Gasteiger partial charge in [0.25, 0.3) is 5.91 Å². The lowest BCUT2D eigenvalue weighted by atomic mass is 10.1. The van der Waals surface area contributed by atoms with E-state index in [0.29, 0.717) is 18.8 Å². The number of nitrogen functional groups attached to an aromatic ring is 1. The van der Waals surface area contributed by atoms with Crippen molar-refractivity contribution < 1.29 is 9.53 Å². The molecule has 0 aromatic carbocycles. The van der Waals surface area contributed by atoms with Crippen LogP contribution in [0.15, 0.2) is 6.07 Å². The number of hydrogen-bond donors (Lipinski definition) is 1. The minimum absolute atomic E-state index is 0.0872. The van der Waals surface area contributed by atoms with Crippen molar-refractivity contribution in [3.8, 4) is 0 Å². The molecule has 0 saturated carbocycles. The molecule has 0 bridgehead atoms. The van der Waals surface area contributed by atoms with Gasteiger partial charge in [-0.2, -0.15) is 0 Å². The van der Waals surface area contributed by atoms with E-state index in [9.17, 15) is 4.79 Å².